The Hall–Kier alpha value is -2.14. The first-order valence-electron chi connectivity index (χ1n) is 5.79. The van der Waals surface area contributed by atoms with Crippen molar-refractivity contribution in [3.63, 3.8) is 0 Å². The number of benzene rings is 2. The minimum absolute atomic E-state index is 0.0273. The van der Waals surface area contributed by atoms with Gasteiger partial charge in [-0.25, -0.2) is 8.78 Å². The van der Waals surface area contributed by atoms with Crippen LogP contribution in [0.5, 0.6) is 0 Å². The normalized spacial score (nSPS) is 10.2. The highest BCUT2D eigenvalue weighted by Gasteiger charge is 2.08. The maximum absolute atomic E-state index is 13.6. The van der Waals surface area contributed by atoms with Gasteiger partial charge < -0.3 is 10.6 Å². The molecule has 2 N–H and O–H groups in total. The Morgan fingerprint density at radius 1 is 1.15 bits per heavy atom. The van der Waals surface area contributed by atoms with Crippen molar-refractivity contribution in [3.8, 4) is 0 Å². The van der Waals surface area contributed by atoms with Crippen molar-refractivity contribution in [1.82, 2.24) is 0 Å². The van der Waals surface area contributed by atoms with E-state index in [9.17, 15) is 13.6 Å². The van der Waals surface area contributed by atoms with Gasteiger partial charge in [-0.3, -0.25) is 4.79 Å². The largest absolute Gasteiger partial charge is 0.374 e. The molecule has 0 aliphatic carbocycles. The van der Waals surface area contributed by atoms with Crippen LogP contribution in [-0.4, -0.2) is 12.5 Å². The highest BCUT2D eigenvalue weighted by Crippen LogP contribution is 2.21. The van der Waals surface area contributed by atoms with Crippen molar-refractivity contribution in [2.24, 2.45) is 0 Å². The fourth-order valence-corrected chi connectivity index (χ4v) is 1.76. The SMILES string of the molecule is O=C(CNc1cccc(Cl)c1F)Nc1cccc(F)c1. The van der Waals surface area contributed by atoms with Crippen LogP contribution in [0.4, 0.5) is 20.2 Å². The Morgan fingerprint density at radius 3 is 2.65 bits per heavy atom. The van der Waals surface area contributed by atoms with Gasteiger partial charge in [0.2, 0.25) is 5.91 Å². The highest BCUT2D eigenvalue weighted by molar-refractivity contribution is 6.31. The maximum Gasteiger partial charge on any atom is 0.243 e. The van der Waals surface area contributed by atoms with E-state index in [1.807, 2.05) is 0 Å². The lowest BCUT2D eigenvalue weighted by Crippen LogP contribution is -2.22. The van der Waals surface area contributed by atoms with Crippen molar-refractivity contribution < 1.29 is 13.6 Å². The Kier molecular flexibility index (Phi) is 4.53. The molecule has 0 saturated carbocycles. The Labute approximate surface area is 119 Å². The zero-order chi connectivity index (χ0) is 14.5. The second-order valence-corrected chi connectivity index (χ2v) is 4.42. The van der Waals surface area contributed by atoms with Crippen molar-refractivity contribution in [2.45, 2.75) is 0 Å². The molecule has 2 aromatic rings. The molecular formula is C14H11ClF2N2O. The fourth-order valence-electron chi connectivity index (χ4n) is 1.59. The van der Waals surface area contributed by atoms with Crippen molar-refractivity contribution in [1.29, 1.82) is 0 Å². The quantitative estimate of drug-likeness (QED) is 0.904. The number of amides is 1. The summed E-state index contributed by atoms with van der Waals surface area (Å²) < 4.78 is 26.5. The van der Waals surface area contributed by atoms with Gasteiger partial charge in [-0.15, -0.1) is 0 Å². The second-order valence-electron chi connectivity index (χ2n) is 4.01. The van der Waals surface area contributed by atoms with Gasteiger partial charge in [-0.2, -0.15) is 0 Å². The fraction of sp³-hybridized carbons (Fsp3) is 0.0714. The number of halogens is 3. The third-order valence-electron chi connectivity index (χ3n) is 2.50. The van der Waals surface area contributed by atoms with Gasteiger partial charge in [0.25, 0.3) is 0 Å². The molecule has 2 aromatic carbocycles. The lowest BCUT2D eigenvalue weighted by atomic mass is 10.3. The summed E-state index contributed by atoms with van der Waals surface area (Å²) in [5.41, 5.74) is 0.468. The van der Waals surface area contributed by atoms with Gasteiger partial charge in [0.05, 0.1) is 17.3 Å². The maximum atomic E-state index is 13.6. The van der Waals surface area contributed by atoms with Crippen LogP contribution in [0.2, 0.25) is 5.02 Å². The number of rotatable bonds is 4. The molecule has 0 fully saturated rings. The summed E-state index contributed by atoms with van der Waals surface area (Å²) in [4.78, 5) is 11.6. The summed E-state index contributed by atoms with van der Waals surface area (Å²) in [7, 11) is 0. The van der Waals surface area contributed by atoms with E-state index in [4.69, 9.17) is 11.6 Å². The van der Waals surface area contributed by atoms with Crippen LogP contribution < -0.4 is 10.6 Å². The van der Waals surface area contributed by atoms with Crippen LogP contribution >= 0.6 is 11.6 Å². The molecule has 0 radical (unpaired) electrons. The molecular weight excluding hydrogens is 286 g/mol. The van der Waals surface area contributed by atoms with Crippen LogP contribution in [0.25, 0.3) is 0 Å². The molecule has 0 aromatic heterocycles. The van der Waals surface area contributed by atoms with Gasteiger partial charge in [0.15, 0.2) is 5.82 Å². The molecule has 20 heavy (non-hydrogen) atoms. The van der Waals surface area contributed by atoms with Gasteiger partial charge in [0, 0.05) is 5.69 Å². The lowest BCUT2D eigenvalue weighted by molar-refractivity contribution is -0.114. The van der Waals surface area contributed by atoms with Gasteiger partial charge in [0.1, 0.15) is 5.82 Å². The van der Waals surface area contributed by atoms with E-state index in [0.717, 1.165) is 0 Å². The first-order valence-corrected chi connectivity index (χ1v) is 6.17. The number of hydrogen-bond donors (Lipinski definition) is 2. The van der Waals surface area contributed by atoms with Gasteiger partial charge in [-0.05, 0) is 30.3 Å². The van der Waals surface area contributed by atoms with E-state index < -0.39 is 17.5 Å². The van der Waals surface area contributed by atoms with Crippen LogP contribution in [0.15, 0.2) is 42.5 Å². The first kappa shape index (κ1) is 14.3. The number of nitrogens with one attached hydrogen (secondary N) is 2. The summed E-state index contributed by atoms with van der Waals surface area (Å²) in [6, 6.07) is 9.95. The number of carbonyl (C=O) groups is 1. The molecule has 1 amide bonds. The topological polar surface area (TPSA) is 41.1 Å². The van der Waals surface area contributed by atoms with Crippen molar-refractivity contribution >= 4 is 28.9 Å². The molecule has 0 spiro atoms. The predicted octanol–water partition coefficient (Wildman–Crippen LogP) is 3.67. The summed E-state index contributed by atoms with van der Waals surface area (Å²) in [5.74, 6) is -1.49. The monoisotopic (exact) mass is 296 g/mol. The number of anilines is 2. The van der Waals surface area contributed by atoms with Crippen LogP contribution in [0, 0.1) is 11.6 Å². The smallest absolute Gasteiger partial charge is 0.243 e. The number of hydrogen-bond acceptors (Lipinski definition) is 2. The third kappa shape index (κ3) is 3.68. The van der Waals surface area contributed by atoms with E-state index in [1.54, 1.807) is 12.1 Å². The summed E-state index contributed by atoms with van der Waals surface area (Å²) >= 11 is 5.62. The summed E-state index contributed by atoms with van der Waals surface area (Å²) in [6.07, 6.45) is 0. The van der Waals surface area contributed by atoms with Crippen LogP contribution in [0.3, 0.4) is 0 Å². The molecule has 0 aliphatic rings. The molecule has 104 valence electrons. The van der Waals surface area contributed by atoms with E-state index in [-0.39, 0.29) is 17.3 Å². The van der Waals surface area contributed by atoms with Gasteiger partial charge in [-0.1, -0.05) is 23.7 Å². The van der Waals surface area contributed by atoms with Crippen LogP contribution in [0.1, 0.15) is 0 Å². The molecule has 0 aliphatic heterocycles. The Bertz CT molecular complexity index is 634. The van der Waals surface area contributed by atoms with E-state index in [1.165, 1.54) is 30.3 Å². The van der Waals surface area contributed by atoms with E-state index >= 15 is 0 Å². The third-order valence-corrected chi connectivity index (χ3v) is 2.79. The molecule has 0 unspecified atom stereocenters. The van der Waals surface area contributed by atoms with E-state index in [0.29, 0.717) is 5.69 Å². The highest BCUT2D eigenvalue weighted by atomic mass is 35.5. The minimum atomic E-state index is -0.618. The summed E-state index contributed by atoms with van der Waals surface area (Å²) in [5, 5.41) is 5.09. The van der Waals surface area contributed by atoms with Gasteiger partial charge >= 0.3 is 0 Å². The molecule has 0 atom stereocenters. The van der Waals surface area contributed by atoms with Crippen molar-refractivity contribution in [2.75, 3.05) is 17.2 Å². The standard InChI is InChI=1S/C14H11ClF2N2O/c15-11-5-2-6-12(14(11)17)18-8-13(20)19-10-4-1-3-9(16)7-10/h1-7,18H,8H2,(H,19,20). The minimum Gasteiger partial charge on any atom is -0.374 e. The zero-order valence-electron chi connectivity index (χ0n) is 10.3. The first-order chi connectivity index (χ1) is 9.56. The molecule has 2 rings (SSSR count). The molecule has 0 bridgehead atoms. The van der Waals surface area contributed by atoms with Crippen molar-refractivity contribution in [3.05, 3.63) is 59.1 Å². The number of carbonyl (C=O) groups excluding carboxylic acids is 1. The Balaban J connectivity index is 1.94. The molecule has 6 heteroatoms. The average Bonchev–Trinajstić information content (AvgIpc) is 2.40. The zero-order valence-corrected chi connectivity index (χ0v) is 11.0. The molecule has 0 saturated heterocycles. The lowest BCUT2D eigenvalue weighted by Gasteiger charge is -2.09. The Morgan fingerprint density at radius 2 is 1.90 bits per heavy atom. The predicted molar refractivity (Wildman–Crippen MR) is 74.9 cm³/mol. The summed E-state index contributed by atoms with van der Waals surface area (Å²) in [6.45, 7) is -0.159. The average molecular weight is 297 g/mol. The molecule has 3 nitrogen and oxygen atoms in total. The van der Waals surface area contributed by atoms with E-state index in [2.05, 4.69) is 10.6 Å². The molecule has 0 heterocycles. The van der Waals surface area contributed by atoms with Crippen LogP contribution in [-0.2, 0) is 4.79 Å². The second kappa shape index (κ2) is 6.34.